The maximum Gasteiger partial charge on any atom is 0.144 e. The molecule has 1 aromatic heterocycles. The van der Waals surface area contributed by atoms with E-state index < -0.39 is 0 Å². The van der Waals surface area contributed by atoms with Crippen LogP contribution in [0.4, 0.5) is 5.82 Å². The zero-order valence-corrected chi connectivity index (χ0v) is 12.2. The van der Waals surface area contributed by atoms with Crippen molar-refractivity contribution in [1.29, 1.82) is 5.26 Å². The lowest BCUT2D eigenvalue weighted by Crippen LogP contribution is -2.16. The molecule has 3 heteroatoms. The first-order chi connectivity index (χ1) is 9.17. The van der Waals surface area contributed by atoms with Gasteiger partial charge in [0.25, 0.3) is 0 Å². The summed E-state index contributed by atoms with van der Waals surface area (Å²) in [6.07, 6.45) is 5.49. The van der Waals surface area contributed by atoms with Gasteiger partial charge in [-0.1, -0.05) is 20.8 Å². The highest BCUT2D eigenvalue weighted by Crippen LogP contribution is 2.30. The van der Waals surface area contributed by atoms with Crippen LogP contribution in [0.3, 0.4) is 0 Å². The van der Waals surface area contributed by atoms with E-state index in [1.165, 1.54) is 29.7 Å². The highest BCUT2D eigenvalue weighted by atomic mass is 15.0. The van der Waals surface area contributed by atoms with Crippen LogP contribution < -0.4 is 5.32 Å². The van der Waals surface area contributed by atoms with Crippen LogP contribution in [0.15, 0.2) is 0 Å². The molecule has 0 saturated heterocycles. The smallest absolute Gasteiger partial charge is 0.144 e. The fraction of sp³-hybridized carbons (Fsp3) is 0.625. The van der Waals surface area contributed by atoms with Gasteiger partial charge in [0.05, 0.1) is 5.56 Å². The number of aromatic nitrogens is 1. The lowest BCUT2D eigenvalue weighted by atomic mass is 9.87. The molecule has 1 aromatic rings. The lowest BCUT2D eigenvalue weighted by molar-refractivity contribution is 0.666. The minimum atomic E-state index is 0.550. The zero-order chi connectivity index (χ0) is 13.8. The Labute approximate surface area is 116 Å². The van der Waals surface area contributed by atoms with Gasteiger partial charge in [-0.25, -0.2) is 4.98 Å². The third-order valence-corrected chi connectivity index (χ3v) is 3.73. The first kappa shape index (κ1) is 13.9. The average Bonchev–Trinajstić information content (AvgIpc) is 2.43. The summed E-state index contributed by atoms with van der Waals surface area (Å²) in [7, 11) is 0. The molecule has 0 unspecified atom stereocenters. The summed E-state index contributed by atoms with van der Waals surface area (Å²) in [5.74, 6) is 1.35. The largest absolute Gasteiger partial charge is 0.369 e. The van der Waals surface area contributed by atoms with Gasteiger partial charge in [-0.3, -0.25) is 0 Å². The van der Waals surface area contributed by atoms with Crippen molar-refractivity contribution >= 4 is 5.82 Å². The summed E-state index contributed by atoms with van der Waals surface area (Å²) in [4.78, 5) is 4.71. The predicted molar refractivity (Wildman–Crippen MR) is 78.3 cm³/mol. The van der Waals surface area contributed by atoms with Crippen molar-refractivity contribution in [2.45, 2.75) is 52.9 Å². The number of nitrogens with zero attached hydrogens (tertiary/aromatic N) is 2. The van der Waals surface area contributed by atoms with E-state index >= 15 is 0 Å². The van der Waals surface area contributed by atoms with Gasteiger partial charge >= 0.3 is 0 Å². The molecular weight excluding hydrogens is 234 g/mol. The molecule has 2 rings (SSSR count). The highest BCUT2D eigenvalue weighted by molar-refractivity contribution is 5.60. The molecule has 1 heterocycles. The molecule has 1 aliphatic rings. The average molecular weight is 257 g/mol. The molecule has 0 aliphatic heterocycles. The molecular formula is C16H23N3. The van der Waals surface area contributed by atoms with Crippen LogP contribution in [0.5, 0.6) is 0 Å². The number of anilines is 1. The van der Waals surface area contributed by atoms with E-state index in [9.17, 15) is 5.26 Å². The van der Waals surface area contributed by atoms with Crippen molar-refractivity contribution in [3.05, 3.63) is 22.4 Å². The number of aryl methyl sites for hydroxylation is 1. The van der Waals surface area contributed by atoms with Crippen molar-refractivity contribution < 1.29 is 0 Å². The number of rotatable bonds is 4. The third kappa shape index (κ3) is 2.89. The predicted octanol–water partition coefficient (Wildman–Crippen LogP) is 3.46. The SMILES string of the molecule is CCc1nc(NCC(C)C)c(C#N)c2c1CCCC2. The maximum atomic E-state index is 9.47. The molecule has 3 nitrogen and oxygen atoms in total. The normalized spacial score (nSPS) is 14.1. The standard InChI is InChI=1S/C16H23N3/c1-4-15-13-8-6-5-7-12(13)14(9-17)16(19-15)18-10-11(2)3/h11H,4-8,10H2,1-3H3,(H,18,19). The highest BCUT2D eigenvalue weighted by Gasteiger charge is 2.21. The second kappa shape index (κ2) is 6.06. The number of hydrogen-bond acceptors (Lipinski definition) is 3. The number of hydrogen-bond donors (Lipinski definition) is 1. The Balaban J connectivity index is 2.45. The monoisotopic (exact) mass is 257 g/mol. The Morgan fingerprint density at radius 2 is 1.95 bits per heavy atom. The molecule has 0 saturated carbocycles. The van der Waals surface area contributed by atoms with Crippen LogP contribution in [0.2, 0.25) is 0 Å². The molecule has 0 bridgehead atoms. The Kier molecular flexibility index (Phi) is 4.42. The number of nitriles is 1. The van der Waals surface area contributed by atoms with Gasteiger partial charge in [0, 0.05) is 12.2 Å². The van der Waals surface area contributed by atoms with E-state index in [-0.39, 0.29) is 0 Å². The Morgan fingerprint density at radius 3 is 2.53 bits per heavy atom. The fourth-order valence-electron chi connectivity index (χ4n) is 2.74. The topological polar surface area (TPSA) is 48.7 Å². The molecule has 102 valence electrons. The van der Waals surface area contributed by atoms with Crippen LogP contribution in [-0.2, 0) is 19.3 Å². The lowest BCUT2D eigenvalue weighted by Gasteiger charge is -2.22. The van der Waals surface area contributed by atoms with Gasteiger partial charge in [-0.15, -0.1) is 0 Å². The Morgan fingerprint density at radius 1 is 1.26 bits per heavy atom. The first-order valence-corrected chi connectivity index (χ1v) is 7.36. The van der Waals surface area contributed by atoms with Gasteiger partial charge in [-0.2, -0.15) is 5.26 Å². The first-order valence-electron chi connectivity index (χ1n) is 7.36. The molecule has 0 amide bonds. The molecule has 0 spiro atoms. The van der Waals surface area contributed by atoms with Crippen molar-refractivity contribution in [3.63, 3.8) is 0 Å². The van der Waals surface area contributed by atoms with Crippen LogP contribution in [-0.4, -0.2) is 11.5 Å². The van der Waals surface area contributed by atoms with Gasteiger partial charge in [0.1, 0.15) is 11.9 Å². The van der Waals surface area contributed by atoms with Gasteiger partial charge in [0.2, 0.25) is 0 Å². The molecule has 1 aliphatic carbocycles. The molecule has 1 N–H and O–H groups in total. The van der Waals surface area contributed by atoms with Crippen molar-refractivity contribution in [1.82, 2.24) is 4.98 Å². The van der Waals surface area contributed by atoms with E-state index in [0.717, 1.165) is 37.2 Å². The Hall–Kier alpha value is -1.56. The summed E-state index contributed by atoms with van der Waals surface area (Å²) < 4.78 is 0. The number of pyridine rings is 1. The molecule has 0 atom stereocenters. The van der Waals surface area contributed by atoms with Gasteiger partial charge < -0.3 is 5.32 Å². The van der Waals surface area contributed by atoms with Crippen LogP contribution in [0.25, 0.3) is 0 Å². The molecule has 0 fully saturated rings. The minimum Gasteiger partial charge on any atom is -0.369 e. The maximum absolute atomic E-state index is 9.47. The summed E-state index contributed by atoms with van der Waals surface area (Å²) in [5, 5.41) is 12.8. The van der Waals surface area contributed by atoms with Crippen molar-refractivity contribution in [3.8, 4) is 6.07 Å². The quantitative estimate of drug-likeness (QED) is 0.898. The minimum absolute atomic E-state index is 0.550. The van der Waals surface area contributed by atoms with Crippen LogP contribution in [0.1, 0.15) is 56.0 Å². The summed E-state index contributed by atoms with van der Waals surface area (Å²) in [6, 6.07) is 2.37. The van der Waals surface area contributed by atoms with E-state index in [2.05, 4.69) is 32.2 Å². The van der Waals surface area contributed by atoms with Gasteiger partial charge in [-0.05, 0) is 49.1 Å². The van der Waals surface area contributed by atoms with E-state index in [0.29, 0.717) is 5.92 Å². The molecule has 0 radical (unpaired) electrons. The second-order valence-electron chi connectivity index (χ2n) is 5.69. The second-order valence-corrected chi connectivity index (χ2v) is 5.69. The van der Waals surface area contributed by atoms with E-state index in [4.69, 9.17) is 4.98 Å². The zero-order valence-electron chi connectivity index (χ0n) is 12.2. The summed E-state index contributed by atoms with van der Waals surface area (Å²) in [5.41, 5.74) is 4.57. The van der Waals surface area contributed by atoms with Crippen molar-refractivity contribution in [2.24, 2.45) is 5.92 Å². The summed E-state index contributed by atoms with van der Waals surface area (Å²) in [6.45, 7) is 7.34. The fourth-order valence-corrected chi connectivity index (χ4v) is 2.74. The van der Waals surface area contributed by atoms with E-state index in [1.807, 2.05) is 0 Å². The van der Waals surface area contributed by atoms with Crippen LogP contribution in [0, 0.1) is 17.2 Å². The molecule has 0 aromatic carbocycles. The van der Waals surface area contributed by atoms with Gasteiger partial charge in [0.15, 0.2) is 0 Å². The summed E-state index contributed by atoms with van der Waals surface area (Å²) >= 11 is 0. The molecule has 19 heavy (non-hydrogen) atoms. The number of nitrogens with one attached hydrogen (secondary N) is 1. The number of fused-ring (bicyclic) bond motifs is 1. The Bertz CT molecular complexity index is 498. The third-order valence-electron chi connectivity index (χ3n) is 3.73. The van der Waals surface area contributed by atoms with Crippen molar-refractivity contribution in [2.75, 3.05) is 11.9 Å². The van der Waals surface area contributed by atoms with Crippen LogP contribution >= 0.6 is 0 Å². The van der Waals surface area contributed by atoms with E-state index in [1.54, 1.807) is 0 Å².